The maximum absolute atomic E-state index is 5.15. The fourth-order valence-electron chi connectivity index (χ4n) is 7.48. The van der Waals surface area contributed by atoms with Gasteiger partial charge in [-0.25, -0.2) is 15.0 Å². The highest BCUT2D eigenvalue weighted by atomic mass is 15.0. The molecule has 55 heavy (non-hydrogen) atoms. The average molecular weight is 707 g/mol. The van der Waals surface area contributed by atoms with E-state index in [1.54, 1.807) is 6.08 Å². The first-order chi connectivity index (χ1) is 27.1. The van der Waals surface area contributed by atoms with Crippen molar-refractivity contribution < 1.29 is 0 Å². The first kappa shape index (κ1) is 33.8. The lowest BCUT2D eigenvalue weighted by molar-refractivity contribution is 0.764. The Hall–Kier alpha value is -7.04. The van der Waals surface area contributed by atoms with E-state index in [2.05, 4.69) is 152 Å². The van der Waals surface area contributed by atoms with Crippen molar-refractivity contribution in [1.82, 2.24) is 19.9 Å². The largest absolute Gasteiger partial charge is 0.253 e. The van der Waals surface area contributed by atoms with Crippen LogP contribution in [0.2, 0.25) is 0 Å². The van der Waals surface area contributed by atoms with E-state index in [0.717, 1.165) is 57.0 Å². The number of nitrogens with zero attached hydrogens (tertiary/aromatic N) is 4. The lowest BCUT2D eigenvalue weighted by Gasteiger charge is -2.16. The van der Waals surface area contributed by atoms with Gasteiger partial charge in [0.1, 0.15) is 5.82 Å². The van der Waals surface area contributed by atoms with Gasteiger partial charge in [0.2, 0.25) is 0 Å². The summed E-state index contributed by atoms with van der Waals surface area (Å²) >= 11 is 0. The molecule has 8 aromatic rings. The molecule has 9 rings (SSSR count). The second-order valence-electron chi connectivity index (χ2n) is 13.9. The van der Waals surface area contributed by atoms with E-state index >= 15 is 0 Å². The number of aryl methyl sites for hydroxylation is 1. The Morgan fingerprint density at radius 2 is 1.22 bits per heavy atom. The van der Waals surface area contributed by atoms with Crippen LogP contribution in [0.25, 0.3) is 83.9 Å². The molecule has 0 radical (unpaired) electrons. The number of rotatable bonds is 8. The number of allylic oxidation sites excluding steroid dienone is 6. The summed E-state index contributed by atoms with van der Waals surface area (Å²) in [6, 6.07) is 49.5. The number of pyridine rings is 1. The van der Waals surface area contributed by atoms with Gasteiger partial charge in [0.25, 0.3) is 0 Å². The van der Waals surface area contributed by atoms with Gasteiger partial charge in [-0.15, -0.1) is 0 Å². The zero-order chi connectivity index (χ0) is 37.1. The Morgan fingerprint density at radius 1 is 0.564 bits per heavy atom. The third-order valence-corrected chi connectivity index (χ3v) is 10.3. The zero-order valence-electron chi connectivity index (χ0n) is 30.6. The smallest absolute Gasteiger partial charge is 0.163 e. The molecule has 2 aromatic heterocycles. The topological polar surface area (TPSA) is 51.6 Å². The third-order valence-electron chi connectivity index (χ3n) is 10.3. The number of aromatic nitrogens is 4. The van der Waals surface area contributed by atoms with Gasteiger partial charge in [-0.3, -0.25) is 4.98 Å². The van der Waals surface area contributed by atoms with Crippen molar-refractivity contribution >= 4 is 27.6 Å². The number of fused-ring (bicyclic) bond motifs is 2. The summed E-state index contributed by atoms with van der Waals surface area (Å²) in [6.45, 7) is 5.87. The van der Waals surface area contributed by atoms with E-state index < -0.39 is 0 Å². The summed E-state index contributed by atoms with van der Waals surface area (Å²) in [4.78, 5) is 20.4. The Bertz CT molecular complexity index is 2760. The Morgan fingerprint density at radius 3 is 1.91 bits per heavy atom. The number of benzene rings is 6. The van der Waals surface area contributed by atoms with Gasteiger partial charge in [-0.1, -0.05) is 158 Å². The second-order valence-corrected chi connectivity index (χ2v) is 13.9. The molecule has 2 heterocycles. The lowest BCUT2D eigenvalue weighted by Crippen LogP contribution is -2.08. The molecule has 6 aromatic carbocycles. The van der Waals surface area contributed by atoms with Crippen molar-refractivity contribution in [3.8, 4) is 56.3 Å². The second kappa shape index (κ2) is 14.8. The summed E-state index contributed by atoms with van der Waals surface area (Å²) in [5.74, 6) is 2.12. The van der Waals surface area contributed by atoms with E-state index in [-0.39, 0.29) is 5.92 Å². The third kappa shape index (κ3) is 6.82. The molecule has 0 N–H and O–H groups in total. The van der Waals surface area contributed by atoms with Crippen molar-refractivity contribution in [2.45, 2.75) is 19.3 Å². The van der Waals surface area contributed by atoms with E-state index in [0.29, 0.717) is 11.6 Å². The quantitative estimate of drug-likeness (QED) is 0.117. The van der Waals surface area contributed by atoms with E-state index in [1.807, 2.05) is 37.3 Å². The predicted octanol–water partition coefficient (Wildman–Crippen LogP) is 13.0. The molecule has 0 amide bonds. The van der Waals surface area contributed by atoms with Gasteiger partial charge < -0.3 is 0 Å². The van der Waals surface area contributed by atoms with E-state index in [1.165, 1.54) is 32.7 Å². The molecule has 0 spiro atoms. The molecule has 1 aliphatic carbocycles. The van der Waals surface area contributed by atoms with Crippen LogP contribution in [0, 0.1) is 6.92 Å². The van der Waals surface area contributed by atoms with Crippen LogP contribution in [-0.2, 0) is 0 Å². The van der Waals surface area contributed by atoms with Crippen molar-refractivity contribution in [2.24, 2.45) is 0 Å². The molecule has 1 unspecified atom stereocenters. The molecule has 0 saturated carbocycles. The molecular formula is C51H38N4. The molecule has 1 aliphatic rings. The van der Waals surface area contributed by atoms with Crippen LogP contribution in [0.4, 0.5) is 0 Å². The van der Waals surface area contributed by atoms with E-state index in [4.69, 9.17) is 19.9 Å². The summed E-state index contributed by atoms with van der Waals surface area (Å²) in [5, 5.41) is 4.96. The summed E-state index contributed by atoms with van der Waals surface area (Å²) < 4.78 is 0. The highest BCUT2D eigenvalue weighted by Crippen LogP contribution is 2.39. The van der Waals surface area contributed by atoms with Gasteiger partial charge >= 0.3 is 0 Å². The first-order valence-electron chi connectivity index (χ1n) is 18.7. The minimum atomic E-state index is 0.0649. The molecule has 4 nitrogen and oxygen atoms in total. The fraction of sp³-hybridized carbons (Fsp3) is 0.0588. The fourth-order valence-corrected chi connectivity index (χ4v) is 7.48. The zero-order valence-corrected chi connectivity index (χ0v) is 30.6. The molecule has 0 fully saturated rings. The SMILES string of the molecule is C=C/C=C\c1ccc(-c2cc(-c3ccc(-c4c5ccccc5cc5ccccc45)cc3)cc(-c3nc(-c4ccccc4)nc(C4C=CC=CC4)n3)c2)nc1C. The van der Waals surface area contributed by atoms with Crippen LogP contribution in [0.1, 0.15) is 29.4 Å². The molecule has 262 valence electrons. The Labute approximate surface area is 321 Å². The standard InChI is InChI=1S/C51H38N4/c1-3-4-15-35-28-29-47(52-34(35)2)43-31-42(36-24-26-37(27-25-36)48-45-22-13-11-20-40(45)30-41-21-12-14-23-46(41)48)32-44(33-43)51-54-49(38-16-7-5-8-17-38)53-50(55-51)39-18-9-6-10-19-39/h3-18,20-33,39H,1,19H2,2H3/b15-4-. The van der Waals surface area contributed by atoms with Gasteiger partial charge in [0, 0.05) is 28.3 Å². The summed E-state index contributed by atoms with van der Waals surface area (Å²) in [5.41, 5.74) is 10.3. The molecule has 0 aliphatic heterocycles. The Balaban J connectivity index is 1.21. The normalized spacial score (nSPS) is 13.9. The summed E-state index contributed by atoms with van der Waals surface area (Å²) in [7, 11) is 0. The van der Waals surface area contributed by atoms with Gasteiger partial charge in [-0.2, -0.15) is 0 Å². The van der Waals surface area contributed by atoms with Gasteiger partial charge in [-0.05, 0) is 93.0 Å². The first-order valence-corrected chi connectivity index (χ1v) is 18.7. The minimum absolute atomic E-state index is 0.0649. The van der Waals surface area contributed by atoms with Crippen LogP contribution >= 0.6 is 0 Å². The van der Waals surface area contributed by atoms with Gasteiger partial charge in [0.05, 0.1) is 5.69 Å². The van der Waals surface area contributed by atoms with Gasteiger partial charge in [0.15, 0.2) is 11.6 Å². The summed E-state index contributed by atoms with van der Waals surface area (Å²) in [6.07, 6.45) is 15.1. The highest BCUT2D eigenvalue weighted by molar-refractivity contribution is 6.12. The number of hydrogen-bond acceptors (Lipinski definition) is 4. The van der Waals surface area contributed by atoms with Crippen LogP contribution in [-0.4, -0.2) is 19.9 Å². The van der Waals surface area contributed by atoms with E-state index in [9.17, 15) is 0 Å². The van der Waals surface area contributed by atoms with Crippen LogP contribution in [0.5, 0.6) is 0 Å². The van der Waals surface area contributed by atoms with Crippen molar-refractivity contribution in [3.63, 3.8) is 0 Å². The molecule has 0 bridgehead atoms. The molecule has 0 saturated heterocycles. The molecule has 1 atom stereocenters. The van der Waals surface area contributed by atoms with Crippen molar-refractivity contribution in [3.05, 3.63) is 200 Å². The maximum Gasteiger partial charge on any atom is 0.163 e. The lowest BCUT2D eigenvalue weighted by atomic mass is 9.90. The predicted molar refractivity (Wildman–Crippen MR) is 229 cm³/mol. The molecular weight excluding hydrogens is 669 g/mol. The highest BCUT2D eigenvalue weighted by Gasteiger charge is 2.19. The van der Waals surface area contributed by atoms with Crippen molar-refractivity contribution in [1.29, 1.82) is 0 Å². The van der Waals surface area contributed by atoms with Crippen LogP contribution in [0.3, 0.4) is 0 Å². The molecule has 4 heteroatoms. The average Bonchev–Trinajstić information content (AvgIpc) is 3.25. The maximum atomic E-state index is 5.15. The van der Waals surface area contributed by atoms with Crippen LogP contribution < -0.4 is 0 Å². The Kier molecular flexibility index (Phi) is 9.07. The van der Waals surface area contributed by atoms with Crippen molar-refractivity contribution in [2.75, 3.05) is 0 Å². The number of hydrogen-bond donors (Lipinski definition) is 0. The minimum Gasteiger partial charge on any atom is -0.253 e. The van der Waals surface area contributed by atoms with Crippen LogP contribution in [0.15, 0.2) is 183 Å². The monoisotopic (exact) mass is 706 g/mol.